The molecule has 27 heavy (non-hydrogen) atoms. The van der Waals surface area contributed by atoms with Gasteiger partial charge in [-0.25, -0.2) is 13.2 Å². The van der Waals surface area contributed by atoms with E-state index < -0.39 is 16.1 Å². The number of sulfonamides is 1. The number of benzene rings is 3. The second kappa shape index (κ2) is 8.11. The first kappa shape index (κ1) is 18.8. The molecule has 138 valence electrons. The molecule has 3 aromatic rings. The van der Waals surface area contributed by atoms with E-state index in [2.05, 4.69) is 15.4 Å². The number of halogens is 1. The fourth-order valence-corrected chi connectivity index (χ4v) is 3.61. The number of anilines is 3. The van der Waals surface area contributed by atoms with Crippen molar-refractivity contribution in [2.45, 2.75) is 4.90 Å². The third-order valence-corrected chi connectivity index (χ3v) is 5.12. The van der Waals surface area contributed by atoms with Crippen LogP contribution in [-0.4, -0.2) is 14.4 Å². The number of carbonyl (C=O) groups excluding carboxylic acids is 1. The normalized spacial score (nSPS) is 10.9. The zero-order valence-electron chi connectivity index (χ0n) is 14.0. The molecule has 0 aliphatic heterocycles. The van der Waals surface area contributed by atoms with Crippen LogP contribution >= 0.6 is 11.6 Å². The van der Waals surface area contributed by atoms with E-state index in [0.29, 0.717) is 22.1 Å². The zero-order valence-corrected chi connectivity index (χ0v) is 15.6. The fraction of sp³-hybridized carbons (Fsp3) is 0. The highest BCUT2D eigenvalue weighted by Gasteiger charge is 2.15. The number of rotatable bonds is 5. The second-order valence-electron chi connectivity index (χ2n) is 5.59. The molecule has 0 unspecified atom stereocenters. The number of carbonyl (C=O) groups is 1. The summed E-state index contributed by atoms with van der Waals surface area (Å²) in [6, 6.07) is 20.8. The molecule has 0 aliphatic carbocycles. The van der Waals surface area contributed by atoms with Crippen LogP contribution in [0.1, 0.15) is 0 Å². The number of hydrogen-bond acceptors (Lipinski definition) is 3. The van der Waals surface area contributed by atoms with Gasteiger partial charge in [-0.15, -0.1) is 0 Å². The van der Waals surface area contributed by atoms with Gasteiger partial charge in [0.05, 0.1) is 10.6 Å². The summed E-state index contributed by atoms with van der Waals surface area (Å²) in [7, 11) is -3.83. The smallest absolute Gasteiger partial charge is 0.308 e. The molecule has 0 saturated carbocycles. The standard InChI is InChI=1S/C19H16ClN3O3S/c20-14-6-4-10-17(12-14)23-27(25,26)18-11-5-9-16(13-18)22-19(24)21-15-7-2-1-3-8-15/h1-13,23H,(H2,21,22,24). The third-order valence-electron chi connectivity index (χ3n) is 3.51. The van der Waals surface area contributed by atoms with Gasteiger partial charge in [-0.2, -0.15) is 0 Å². The maximum absolute atomic E-state index is 12.6. The van der Waals surface area contributed by atoms with Gasteiger partial charge in [0, 0.05) is 16.4 Å². The second-order valence-corrected chi connectivity index (χ2v) is 7.71. The molecule has 0 bridgehead atoms. The van der Waals surface area contributed by atoms with Crippen LogP contribution in [0.25, 0.3) is 0 Å². The lowest BCUT2D eigenvalue weighted by molar-refractivity contribution is 0.262. The predicted octanol–water partition coefficient (Wildman–Crippen LogP) is 4.78. The molecule has 0 aromatic heterocycles. The van der Waals surface area contributed by atoms with Crippen molar-refractivity contribution in [3.05, 3.63) is 83.9 Å². The minimum Gasteiger partial charge on any atom is -0.308 e. The maximum atomic E-state index is 12.6. The summed E-state index contributed by atoms with van der Waals surface area (Å²) < 4.78 is 27.6. The van der Waals surface area contributed by atoms with E-state index in [0.717, 1.165) is 0 Å². The molecule has 0 atom stereocenters. The first-order valence-corrected chi connectivity index (χ1v) is 9.80. The van der Waals surface area contributed by atoms with Gasteiger partial charge < -0.3 is 10.6 Å². The van der Waals surface area contributed by atoms with Gasteiger partial charge in [0.15, 0.2) is 0 Å². The van der Waals surface area contributed by atoms with Crippen LogP contribution in [0.5, 0.6) is 0 Å². The Morgan fingerprint density at radius 2 is 1.37 bits per heavy atom. The van der Waals surface area contributed by atoms with Gasteiger partial charge in [-0.3, -0.25) is 4.72 Å². The first-order chi connectivity index (χ1) is 12.9. The van der Waals surface area contributed by atoms with Gasteiger partial charge in [0.2, 0.25) is 0 Å². The summed E-state index contributed by atoms with van der Waals surface area (Å²) in [6.07, 6.45) is 0. The quantitative estimate of drug-likeness (QED) is 0.574. The van der Waals surface area contributed by atoms with Gasteiger partial charge in [-0.05, 0) is 48.5 Å². The Bertz CT molecular complexity index is 1060. The maximum Gasteiger partial charge on any atom is 0.323 e. The molecular weight excluding hydrogens is 386 g/mol. The highest BCUT2D eigenvalue weighted by atomic mass is 35.5. The van der Waals surface area contributed by atoms with E-state index in [1.165, 1.54) is 18.2 Å². The minimum atomic E-state index is -3.83. The van der Waals surface area contributed by atoms with Crippen LogP contribution in [0.2, 0.25) is 5.02 Å². The third kappa shape index (κ3) is 5.22. The predicted molar refractivity (Wildman–Crippen MR) is 108 cm³/mol. The topological polar surface area (TPSA) is 87.3 Å². The number of urea groups is 1. The number of nitrogens with one attached hydrogen (secondary N) is 3. The molecule has 6 nitrogen and oxygen atoms in total. The zero-order chi connectivity index (χ0) is 19.3. The molecule has 8 heteroatoms. The van der Waals surface area contributed by atoms with Crippen molar-refractivity contribution in [1.29, 1.82) is 0 Å². The molecule has 0 fully saturated rings. The largest absolute Gasteiger partial charge is 0.323 e. The molecule has 0 saturated heterocycles. The van der Waals surface area contributed by atoms with E-state index >= 15 is 0 Å². The van der Waals surface area contributed by atoms with Gasteiger partial charge in [-0.1, -0.05) is 41.9 Å². The average molecular weight is 402 g/mol. The van der Waals surface area contributed by atoms with Crippen LogP contribution in [0.4, 0.5) is 21.9 Å². The SMILES string of the molecule is O=C(Nc1ccccc1)Nc1cccc(S(=O)(=O)Nc2cccc(Cl)c2)c1. The van der Waals surface area contributed by atoms with Gasteiger partial charge in [0.1, 0.15) is 0 Å². The molecule has 2 amide bonds. The van der Waals surface area contributed by atoms with Crippen molar-refractivity contribution in [3.8, 4) is 0 Å². The Balaban J connectivity index is 1.73. The highest BCUT2D eigenvalue weighted by Crippen LogP contribution is 2.21. The van der Waals surface area contributed by atoms with E-state index in [9.17, 15) is 13.2 Å². The average Bonchev–Trinajstić information content (AvgIpc) is 2.62. The molecule has 3 aromatic carbocycles. The van der Waals surface area contributed by atoms with Crippen LogP contribution in [0.3, 0.4) is 0 Å². The van der Waals surface area contributed by atoms with E-state index in [1.54, 1.807) is 54.6 Å². The Hall–Kier alpha value is -3.03. The number of amides is 2. The lowest BCUT2D eigenvalue weighted by Crippen LogP contribution is -2.20. The minimum absolute atomic E-state index is 0.0139. The van der Waals surface area contributed by atoms with Crippen LogP contribution in [0.15, 0.2) is 83.8 Å². The molecule has 0 aliphatic rings. The monoisotopic (exact) mass is 401 g/mol. The summed E-state index contributed by atoms with van der Waals surface area (Å²) in [5.41, 5.74) is 1.32. The molecule has 3 rings (SSSR count). The summed E-state index contributed by atoms with van der Waals surface area (Å²) in [4.78, 5) is 12.1. The van der Waals surface area contributed by atoms with Crippen molar-refractivity contribution in [2.24, 2.45) is 0 Å². The summed E-state index contributed by atoms with van der Waals surface area (Å²) >= 11 is 5.88. The number of hydrogen-bond donors (Lipinski definition) is 3. The van der Waals surface area contributed by atoms with Gasteiger partial charge >= 0.3 is 6.03 Å². The van der Waals surface area contributed by atoms with E-state index in [1.807, 2.05) is 6.07 Å². The Kier molecular flexibility index (Phi) is 5.63. The Morgan fingerprint density at radius 1 is 0.741 bits per heavy atom. The van der Waals surface area contributed by atoms with E-state index in [-0.39, 0.29) is 4.90 Å². The van der Waals surface area contributed by atoms with Crippen molar-refractivity contribution >= 4 is 44.7 Å². The molecule has 0 spiro atoms. The van der Waals surface area contributed by atoms with Crippen LogP contribution < -0.4 is 15.4 Å². The van der Waals surface area contributed by atoms with Crippen LogP contribution in [-0.2, 0) is 10.0 Å². The summed E-state index contributed by atoms with van der Waals surface area (Å²) in [6.45, 7) is 0. The Morgan fingerprint density at radius 3 is 2.11 bits per heavy atom. The number of para-hydroxylation sites is 1. The van der Waals surface area contributed by atoms with Crippen LogP contribution in [0, 0.1) is 0 Å². The van der Waals surface area contributed by atoms with E-state index in [4.69, 9.17) is 11.6 Å². The summed E-state index contributed by atoms with van der Waals surface area (Å²) in [5, 5.41) is 5.70. The van der Waals surface area contributed by atoms with Crippen molar-refractivity contribution in [2.75, 3.05) is 15.4 Å². The first-order valence-electron chi connectivity index (χ1n) is 7.94. The van der Waals surface area contributed by atoms with Crippen molar-refractivity contribution in [3.63, 3.8) is 0 Å². The molecule has 3 N–H and O–H groups in total. The van der Waals surface area contributed by atoms with Crippen molar-refractivity contribution < 1.29 is 13.2 Å². The Labute approximate surface area is 162 Å². The summed E-state index contributed by atoms with van der Waals surface area (Å²) in [5.74, 6) is 0. The fourth-order valence-electron chi connectivity index (χ4n) is 2.32. The lowest BCUT2D eigenvalue weighted by atomic mass is 10.3. The van der Waals surface area contributed by atoms with Gasteiger partial charge in [0.25, 0.3) is 10.0 Å². The molecular formula is C19H16ClN3O3S. The lowest BCUT2D eigenvalue weighted by Gasteiger charge is -2.11. The molecule has 0 heterocycles. The highest BCUT2D eigenvalue weighted by molar-refractivity contribution is 7.92. The van der Waals surface area contributed by atoms with Crippen molar-refractivity contribution in [1.82, 2.24) is 0 Å². The molecule has 0 radical (unpaired) electrons.